The van der Waals surface area contributed by atoms with Crippen molar-refractivity contribution in [3.05, 3.63) is 23.4 Å². The third kappa shape index (κ3) is 6.08. The van der Waals surface area contributed by atoms with Crippen LogP contribution in [0.4, 0.5) is 0 Å². The summed E-state index contributed by atoms with van der Waals surface area (Å²) in [5.74, 6) is -4.24. The summed E-state index contributed by atoms with van der Waals surface area (Å²) in [6.07, 6.45) is 2.80. The summed E-state index contributed by atoms with van der Waals surface area (Å²) in [6, 6.07) is -2.06. The number of carbonyl (C=O) groups excluding carboxylic acids is 1. The van der Waals surface area contributed by atoms with Crippen molar-refractivity contribution in [3.8, 4) is 0 Å². The van der Waals surface area contributed by atoms with Gasteiger partial charge in [-0.15, -0.1) is 0 Å². The third-order valence-corrected chi connectivity index (χ3v) is 3.33. The molecule has 1 rings (SSSR count). The van der Waals surface area contributed by atoms with Gasteiger partial charge in [-0.3, -0.25) is 9.59 Å². The Labute approximate surface area is 137 Å². The maximum absolute atomic E-state index is 11.1. The van der Waals surface area contributed by atoms with Crippen molar-refractivity contribution in [2.45, 2.75) is 31.3 Å². The largest absolute Gasteiger partial charge is 0.480 e. The molecule has 132 valence electrons. The van der Waals surface area contributed by atoms with Gasteiger partial charge in [-0.2, -0.15) is 0 Å². The average molecular weight is 341 g/mol. The molecule has 10 heteroatoms. The first-order valence-corrected chi connectivity index (χ1v) is 7.08. The topological polar surface area (TPSA) is 179 Å². The first-order chi connectivity index (χ1) is 11.2. The monoisotopic (exact) mass is 341 g/mol. The van der Waals surface area contributed by atoms with Crippen LogP contribution in [-0.2, 0) is 19.2 Å². The van der Waals surface area contributed by atoms with Gasteiger partial charge in [0, 0.05) is 19.4 Å². The fraction of sp³-hybridized carbons (Fsp3) is 0.429. The molecule has 2 unspecified atom stereocenters. The molecule has 1 amide bonds. The van der Waals surface area contributed by atoms with E-state index >= 15 is 0 Å². The van der Waals surface area contributed by atoms with E-state index in [0.717, 1.165) is 0 Å². The van der Waals surface area contributed by atoms with Gasteiger partial charge in [0.05, 0.1) is 0 Å². The SMILES string of the molecule is NC(=O)CCC(NCC=C1C=C(C(=O)O)NC(C(=O)O)C1)C(=O)O. The second-order valence-corrected chi connectivity index (χ2v) is 5.19. The highest BCUT2D eigenvalue weighted by Crippen LogP contribution is 2.16. The Morgan fingerprint density at radius 3 is 2.50 bits per heavy atom. The lowest BCUT2D eigenvalue weighted by molar-refractivity contribution is -0.140. The fourth-order valence-corrected chi connectivity index (χ4v) is 2.11. The molecule has 0 spiro atoms. The van der Waals surface area contributed by atoms with Crippen molar-refractivity contribution < 1.29 is 34.5 Å². The minimum Gasteiger partial charge on any atom is -0.480 e. The maximum atomic E-state index is 11.1. The first kappa shape index (κ1) is 19.2. The molecule has 0 saturated carbocycles. The van der Waals surface area contributed by atoms with Crippen LogP contribution in [0.15, 0.2) is 23.4 Å². The van der Waals surface area contributed by atoms with E-state index in [1.54, 1.807) is 0 Å². The molecule has 7 N–H and O–H groups in total. The molecule has 24 heavy (non-hydrogen) atoms. The van der Waals surface area contributed by atoms with E-state index in [9.17, 15) is 19.2 Å². The molecule has 0 radical (unpaired) electrons. The van der Waals surface area contributed by atoms with E-state index in [4.69, 9.17) is 21.1 Å². The predicted molar refractivity (Wildman–Crippen MR) is 80.8 cm³/mol. The molecule has 0 bridgehead atoms. The summed E-state index contributed by atoms with van der Waals surface area (Å²) in [4.78, 5) is 43.8. The van der Waals surface area contributed by atoms with Crippen molar-refractivity contribution in [1.29, 1.82) is 0 Å². The van der Waals surface area contributed by atoms with E-state index in [2.05, 4.69) is 10.6 Å². The van der Waals surface area contributed by atoms with E-state index in [-0.39, 0.29) is 31.5 Å². The van der Waals surface area contributed by atoms with Crippen molar-refractivity contribution in [3.63, 3.8) is 0 Å². The molecule has 1 heterocycles. The highest BCUT2D eigenvalue weighted by molar-refractivity contribution is 5.89. The van der Waals surface area contributed by atoms with Gasteiger partial charge in [-0.1, -0.05) is 6.08 Å². The van der Waals surface area contributed by atoms with Crippen LogP contribution in [0.5, 0.6) is 0 Å². The zero-order valence-electron chi connectivity index (χ0n) is 12.7. The van der Waals surface area contributed by atoms with E-state index in [0.29, 0.717) is 5.57 Å². The van der Waals surface area contributed by atoms with Crippen LogP contribution in [0.1, 0.15) is 19.3 Å². The van der Waals surface area contributed by atoms with Crippen molar-refractivity contribution in [2.24, 2.45) is 5.73 Å². The number of carboxylic acids is 3. The number of carboxylic acid groups (broad SMARTS) is 3. The number of rotatable bonds is 9. The predicted octanol–water partition coefficient (Wildman–Crippen LogP) is -1.36. The zero-order chi connectivity index (χ0) is 18.3. The summed E-state index contributed by atoms with van der Waals surface area (Å²) < 4.78 is 0. The van der Waals surface area contributed by atoms with Crippen LogP contribution >= 0.6 is 0 Å². The lowest BCUT2D eigenvalue weighted by atomic mass is 10.00. The summed E-state index contributed by atoms with van der Waals surface area (Å²) in [5, 5.41) is 32.1. The highest BCUT2D eigenvalue weighted by atomic mass is 16.4. The van der Waals surface area contributed by atoms with E-state index in [1.165, 1.54) is 12.2 Å². The number of hydrogen-bond acceptors (Lipinski definition) is 6. The minimum absolute atomic E-state index is 0.0172. The molecule has 0 aromatic rings. The Kier molecular flexibility index (Phi) is 6.93. The lowest BCUT2D eigenvalue weighted by Gasteiger charge is -2.22. The normalized spacial score (nSPS) is 19.9. The summed E-state index contributed by atoms with van der Waals surface area (Å²) in [7, 11) is 0. The Hall–Kier alpha value is -2.88. The van der Waals surface area contributed by atoms with Crippen LogP contribution < -0.4 is 16.4 Å². The summed E-state index contributed by atoms with van der Waals surface area (Å²) in [5.41, 5.74) is 5.18. The smallest absolute Gasteiger partial charge is 0.351 e. The molecular formula is C14H19N3O7. The molecule has 0 fully saturated rings. The van der Waals surface area contributed by atoms with Gasteiger partial charge in [0.1, 0.15) is 17.8 Å². The van der Waals surface area contributed by atoms with Gasteiger partial charge < -0.3 is 31.7 Å². The van der Waals surface area contributed by atoms with Crippen molar-refractivity contribution in [2.75, 3.05) is 6.54 Å². The quantitative estimate of drug-likeness (QED) is 0.295. The van der Waals surface area contributed by atoms with Gasteiger partial charge in [0.2, 0.25) is 5.91 Å². The molecule has 0 saturated heterocycles. The fourth-order valence-electron chi connectivity index (χ4n) is 2.11. The standard InChI is InChI=1S/C14H19N3O7/c15-11(18)2-1-8(12(19)20)16-4-3-7-5-9(13(21)22)17-10(6-7)14(23)24/h3,5,8,10,16-17H,1-2,4,6H2,(H2,15,18)(H,19,20)(H,21,22)(H,23,24). The van der Waals surface area contributed by atoms with Crippen LogP contribution in [0.2, 0.25) is 0 Å². The van der Waals surface area contributed by atoms with Gasteiger partial charge in [-0.05, 0) is 18.1 Å². The number of allylic oxidation sites excluding steroid dienone is 1. The van der Waals surface area contributed by atoms with E-state index in [1.807, 2.05) is 0 Å². The average Bonchev–Trinajstić information content (AvgIpc) is 2.49. The number of primary amides is 1. The molecule has 0 aromatic heterocycles. The summed E-state index contributed by atoms with van der Waals surface area (Å²) in [6.45, 7) is 0.0702. The van der Waals surface area contributed by atoms with Gasteiger partial charge >= 0.3 is 17.9 Å². The Balaban J connectivity index is 2.74. The Morgan fingerprint density at radius 1 is 1.33 bits per heavy atom. The minimum atomic E-state index is -1.29. The molecule has 2 atom stereocenters. The number of aliphatic carboxylic acids is 3. The maximum Gasteiger partial charge on any atom is 0.351 e. The van der Waals surface area contributed by atoms with Gasteiger partial charge in [-0.25, -0.2) is 9.59 Å². The highest BCUT2D eigenvalue weighted by Gasteiger charge is 2.26. The molecular weight excluding hydrogens is 322 g/mol. The lowest BCUT2D eigenvalue weighted by Crippen LogP contribution is -2.41. The van der Waals surface area contributed by atoms with Crippen LogP contribution in [-0.4, -0.2) is 57.8 Å². The third-order valence-electron chi connectivity index (χ3n) is 3.33. The first-order valence-electron chi connectivity index (χ1n) is 7.08. The molecule has 1 aliphatic rings. The number of amides is 1. The van der Waals surface area contributed by atoms with Crippen molar-refractivity contribution >= 4 is 23.8 Å². The number of carbonyl (C=O) groups is 4. The zero-order valence-corrected chi connectivity index (χ0v) is 12.7. The number of nitrogens with two attached hydrogens (primary N) is 1. The van der Waals surface area contributed by atoms with Gasteiger partial charge in [0.25, 0.3) is 0 Å². The molecule has 1 aliphatic heterocycles. The van der Waals surface area contributed by atoms with E-state index < -0.39 is 35.9 Å². The van der Waals surface area contributed by atoms with Crippen molar-refractivity contribution in [1.82, 2.24) is 10.6 Å². The van der Waals surface area contributed by atoms with Gasteiger partial charge in [0.15, 0.2) is 0 Å². The molecule has 10 nitrogen and oxygen atoms in total. The van der Waals surface area contributed by atoms with Crippen LogP contribution in [0, 0.1) is 0 Å². The number of hydrogen-bond donors (Lipinski definition) is 6. The Morgan fingerprint density at radius 2 is 2.00 bits per heavy atom. The summed E-state index contributed by atoms with van der Waals surface area (Å²) >= 11 is 0. The van der Waals surface area contributed by atoms with Crippen LogP contribution in [0.3, 0.4) is 0 Å². The van der Waals surface area contributed by atoms with Crippen LogP contribution in [0.25, 0.3) is 0 Å². The molecule has 0 aromatic carbocycles. The second kappa shape index (κ2) is 8.67. The molecule has 0 aliphatic carbocycles. The number of nitrogens with one attached hydrogen (secondary N) is 2. The Bertz CT molecular complexity index is 597. The second-order valence-electron chi connectivity index (χ2n) is 5.19.